The summed E-state index contributed by atoms with van der Waals surface area (Å²) in [4.78, 5) is 124. The van der Waals surface area contributed by atoms with Crippen molar-refractivity contribution in [3.63, 3.8) is 0 Å². The molecule has 1 rings (SSSR count). The van der Waals surface area contributed by atoms with Gasteiger partial charge < -0.3 is 87.8 Å². The van der Waals surface area contributed by atoms with Gasteiger partial charge in [0.05, 0.1) is 6.04 Å². The normalized spacial score (nSPS) is 16.2. The lowest BCUT2D eigenvalue weighted by Crippen LogP contribution is -2.60. The second kappa shape index (κ2) is 36.3. The SMILES string of the molecule is CC(C)[C@H](NC(=O)[C@H](CCCCN)NC(=O)[C@H](CCCN=C(N)N)NC(=O)[C@H](CCCCN)NC(=O)[C@H](CCCCN)NC(=O)[C@H](CCCCN)NC(=O)[C@@H]1CCCN1)C(=O)N[C@@H](CCC(N)=O)C(=O)O. The first kappa shape index (κ1) is 63.3. The fourth-order valence-electron chi connectivity index (χ4n) is 7.68. The molecule has 0 unspecified atom stereocenters. The van der Waals surface area contributed by atoms with Crippen LogP contribution in [0.2, 0.25) is 0 Å². The van der Waals surface area contributed by atoms with Crippen LogP contribution < -0.4 is 82.7 Å². The zero-order valence-electron chi connectivity index (χ0n) is 41.8. The van der Waals surface area contributed by atoms with Gasteiger partial charge in [-0.1, -0.05) is 13.8 Å². The van der Waals surface area contributed by atoms with Gasteiger partial charge in [0, 0.05) is 13.0 Å². The van der Waals surface area contributed by atoms with E-state index in [2.05, 4.69) is 47.5 Å². The molecular formula is C45H86N16O10. The van der Waals surface area contributed by atoms with Gasteiger partial charge in [0.2, 0.25) is 47.3 Å². The van der Waals surface area contributed by atoms with Crippen LogP contribution in [0.3, 0.4) is 0 Å². The summed E-state index contributed by atoms with van der Waals surface area (Å²) in [6.07, 6.45) is 5.31. The van der Waals surface area contributed by atoms with Crippen LogP contribution in [0.1, 0.15) is 129 Å². The number of nitrogens with one attached hydrogen (secondary N) is 8. The van der Waals surface area contributed by atoms with Crippen LogP contribution >= 0.6 is 0 Å². The van der Waals surface area contributed by atoms with Crippen molar-refractivity contribution >= 4 is 59.2 Å². The molecule has 0 radical (unpaired) electrons. The summed E-state index contributed by atoms with van der Waals surface area (Å²) >= 11 is 0. The lowest BCUT2D eigenvalue weighted by Gasteiger charge is -2.29. The van der Waals surface area contributed by atoms with E-state index in [4.69, 9.17) is 40.1 Å². The summed E-state index contributed by atoms with van der Waals surface area (Å²) < 4.78 is 0. The molecule has 71 heavy (non-hydrogen) atoms. The number of guanidine groups is 1. The molecule has 26 heteroatoms. The molecule has 1 heterocycles. The van der Waals surface area contributed by atoms with Crippen LogP contribution in [-0.4, -0.2) is 152 Å². The number of aliphatic imine (C=N–C) groups is 1. The Balaban J connectivity index is 3.51. The summed E-state index contributed by atoms with van der Waals surface area (Å²) in [5.74, 6) is -7.76. The van der Waals surface area contributed by atoms with E-state index in [1.54, 1.807) is 13.8 Å². The van der Waals surface area contributed by atoms with Crippen molar-refractivity contribution < 1.29 is 48.3 Å². The maximum absolute atomic E-state index is 14.3. The number of carbonyl (C=O) groups excluding carboxylic acids is 8. The summed E-state index contributed by atoms with van der Waals surface area (Å²) in [7, 11) is 0. The van der Waals surface area contributed by atoms with Crippen molar-refractivity contribution in [3.8, 4) is 0 Å². The Morgan fingerprint density at radius 1 is 0.521 bits per heavy atom. The minimum Gasteiger partial charge on any atom is -0.480 e. The second-order valence-electron chi connectivity index (χ2n) is 18.2. The van der Waals surface area contributed by atoms with Crippen LogP contribution in [-0.2, 0) is 43.2 Å². The lowest BCUT2D eigenvalue weighted by molar-refractivity contribution is -0.143. The third kappa shape index (κ3) is 26.4. The minimum absolute atomic E-state index is 0.0424. The van der Waals surface area contributed by atoms with Crippen LogP contribution in [0.25, 0.3) is 0 Å². The molecule has 1 aliphatic heterocycles. The number of hydrogen-bond donors (Lipinski definition) is 16. The number of rotatable bonds is 39. The zero-order chi connectivity index (χ0) is 53.3. The first-order valence-electron chi connectivity index (χ1n) is 25.0. The highest BCUT2D eigenvalue weighted by atomic mass is 16.4. The summed E-state index contributed by atoms with van der Waals surface area (Å²) in [5.41, 5.74) is 39.2. The average molecular weight is 1010 g/mol. The highest BCUT2D eigenvalue weighted by Crippen LogP contribution is 2.13. The zero-order valence-corrected chi connectivity index (χ0v) is 41.8. The molecule has 26 nitrogen and oxygen atoms in total. The highest BCUT2D eigenvalue weighted by molar-refractivity contribution is 5.97. The first-order valence-corrected chi connectivity index (χ1v) is 25.0. The third-order valence-corrected chi connectivity index (χ3v) is 11.8. The molecule has 23 N–H and O–H groups in total. The van der Waals surface area contributed by atoms with E-state index in [1.807, 2.05) is 0 Å². The van der Waals surface area contributed by atoms with Gasteiger partial charge in [0.15, 0.2) is 5.96 Å². The molecule has 0 aromatic rings. The first-order chi connectivity index (χ1) is 33.8. The monoisotopic (exact) mass is 1010 g/mol. The largest absolute Gasteiger partial charge is 0.480 e. The predicted molar refractivity (Wildman–Crippen MR) is 267 cm³/mol. The van der Waals surface area contributed by atoms with Crippen molar-refractivity contribution in [1.29, 1.82) is 0 Å². The van der Waals surface area contributed by atoms with E-state index in [0.717, 1.165) is 6.42 Å². The Kier molecular flexibility index (Phi) is 32.3. The van der Waals surface area contributed by atoms with Gasteiger partial charge in [0.25, 0.3) is 0 Å². The van der Waals surface area contributed by atoms with Gasteiger partial charge in [-0.15, -0.1) is 0 Å². The van der Waals surface area contributed by atoms with Crippen LogP contribution in [0, 0.1) is 5.92 Å². The van der Waals surface area contributed by atoms with E-state index in [-0.39, 0.29) is 82.9 Å². The number of nitrogens with two attached hydrogens (primary N) is 7. The molecule has 0 aromatic heterocycles. The number of carbonyl (C=O) groups is 9. The topological polar surface area (TPSA) is 465 Å². The van der Waals surface area contributed by atoms with Crippen molar-refractivity contribution in [2.45, 2.75) is 178 Å². The number of aliphatic carboxylic acids is 1. The van der Waals surface area contributed by atoms with Crippen LogP contribution in [0.15, 0.2) is 4.99 Å². The smallest absolute Gasteiger partial charge is 0.326 e. The Bertz CT molecular complexity index is 1710. The van der Waals surface area contributed by atoms with Gasteiger partial charge in [-0.3, -0.25) is 43.3 Å². The Labute approximate surface area is 417 Å². The van der Waals surface area contributed by atoms with Crippen LogP contribution in [0.5, 0.6) is 0 Å². The average Bonchev–Trinajstić information content (AvgIpc) is 3.87. The molecule has 1 aliphatic rings. The fourth-order valence-corrected chi connectivity index (χ4v) is 7.68. The minimum atomic E-state index is -1.48. The molecule has 406 valence electrons. The number of hydrogen-bond acceptors (Lipinski definition) is 15. The summed E-state index contributed by atoms with van der Waals surface area (Å²) in [6, 6.07) is -9.17. The molecule has 1 saturated heterocycles. The molecule has 0 spiro atoms. The van der Waals surface area contributed by atoms with Crippen molar-refractivity contribution in [2.24, 2.45) is 51.0 Å². The van der Waals surface area contributed by atoms with E-state index in [0.29, 0.717) is 77.4 Å². The van der Waals surface area contributed by atoms with Gasteiger partial charge in [-0.2, -0.15) is 0 Å². The van der Waals surface area contributed by atoms with E-state index < -0.39 is 102 Å². The summed E-state index contributed by atoms with van der Waals surface area (Å²) in [6.45, 7) is 5.22. The molecule has 0 bridgehead atoms. The number of carboxylic acid groups (broad SMARTS) is 1. The maximum atomic E-state index is 14.3. The van der Waals surface area contributed by atoms with Gasteiger partial charge in [-0.25, -0.2) is 4.79 Å². The molecule has 0 aliphatic carbocycles. The molecule has 8 amide bonds. The molecule has 1 fully saturated rings. The third-order valence-electron chi connectivity index (χ3n) is 11.8. The second-order valence-corrected chi connectivity index (χ2v) is 18.2. The van der Waals surface area contributed by atoms with E-state index >= 15 is 0 Å². The number of unbranched alkanes of at least 4 members (excludes halogenated alkanes) is 4. The van der Waals surface area contributed by atoms with Gasteiger partial charge in [0.1, 0.15) is 42.3 Å². The number of primary amides is 1. The highest BCUT2D eigenvalue weighted by Gasteiger charge is 2.35. The predicted octanol–water partition coefficient (Wildman–Crippen LogP) is -4.29. The van der Waals surface area contributed by atoms with Gasteiger partial charge in [-0.05, 0) is 148 Å². The van der Waals surface area contributed by atoms with Crippen molar-refractivity contribution in [1.82, 2.24) is 42.5 Å². The maximum Gasteiger partial charge on any atom is 0.326 e. The van der Waals surface area contributed by atoms with E-state index in [9.17, 15) is 48.3 Å². The molecular weight excluding hydrogens is 925 g/mol. The quantitative estimate of drug-likeness (QED) is 0.0157. The summed E-state index contributed by atoms with van der Waals surface area (Å²) in [5, 5.41) is 31.6. The Morgan fingerprint density at radius 2 is 0.901 bits per heavy atom. The molecule has 8 atom stereocenters. The standard InChI is InChI=1S/C45H86N16O10/c1-27(2)36(43(69)60-34(44(70)71)19-20-35(50)62)61-42(68)32(16-6-10-24-49)58-41(67)33(18-12-26-54-45(51)52)59-40(66)31(15-5-9-23-48)57-39(65)30(14-4-8-22-47)56-38(64)29(13-3-7-21-46)55-37(63)28-17-11-25-53-28/h27-34,36,53H,3-26,46-49H2,1-2H3,(H2,50,62)(H,55,63)(H,56,64)(H,57,65)(H,58,67)(H,59,66)(H,60,69)(H,61,68)(H,70,71)(H4,51,52,54)/t28-,29-,30-,31-,32-,33-,34-,36-/m0/s1. The lowest BCUT2D eigenvalue weighted by atomic mass is 10.0. The van der Waals surface area contributed by atoms with E-state index in [1.165, 1.54) is 0 Å². The number of amides is 8. The number of carboxylic acids is 1. The Hall–Kier alpha value is -5.70. The molecule has 0 aromatic carbocycles. The number of nitrogens with zero attached hydrogens (tertiary/aromatic N) is 1. The Morgan fingerprint density at radius 3 is 1.24 bits per heavy atom. The fraction of sp³-hybridized carbons (Fsp3) is 0.778. The molecule has 0 saturated carbocycles. The van der Waals surface area contributed by atoms with Crippen molar-refractivity contribution in [3.05, 3.63) is 0 Å². The van der Waals surface area contributed by atoms with Gasteiger partial charge >= 0.3 is 5.97 Å². The van der Waals surface area contributed by atoms with Crippen LogP contribution in [0.4, 0.5) is 0 Å². The van der Waals surface area contributed by atoms with Crippen molar-refractivity contribution in [2.75, 3.05) is 39.3 Å².